The summed E-state index contributed by atoms with van der Waals surface area (Å²) in [5, 5.41) is 3.01. The van der Waals surface area contributed by atoms with E-state index in [0.29, 0.717) is 19.5 Å². The van der Waals surface area contributed by atoms with Gasteiger partial charge in [-0.25, -0.2) is 0 Å². The lowest BCUT2D eigenvalue weighted by atomic mass is 9.93. The number of nitrogens with zero attached hydrogens (tertiary/aromatic N) is 2. The largest absolute Gasteiger partial charge is 0.351 e. The molecule has 1 aromatic carbocycles. The molecule has 1 aromatic heterocycles. The van der Waals surface area contributed by atoms with Gasteiger partial charge in [-0.15, -0.1) is 0 Å². The summed E-state index contributed by atoms with van der Waals surface area (Å²) in [6.07, 6.45) is 3.75. The molecule has 1 aliphatic rings. The Morgan fingerprint density at radius 1 is 1.20 bits per heavy atom. The molecule has 0 radical (unpaired) electrons. The molecule has 5 nitrogen and oxygen atoms in total. The first-order valence-corrected chi connectivity index (χ1v) is 8.53. The van der Waals surface area contributed by atoms with Crippen LogP contribution in [0.1, 0.15) is 29.5 Å². The number of rotatable bonds is 4. The van der Waals surface area contributed by atoms with Crippen molar-refractivity contribution < 1.29 is 9.59 Å². The topological polar surface area (TPSA) is 62.3 Å². The van der Waals surface area contributed by atoms with Gasteiger partial charge in [0.2, 0.25) is 11.8 Å². The van der Waals surface area contributed by atoms with Crippen molar-refractivity contribution in [3.8, 4) is 0 Å². The predicted octanol–water partition coefficient (Wildman–Crippen LogP) is 2.06. The Balaban J connectivity index is 1.75. The Kier molecular flexibility index (Phi) is 5.12. The fourth-order valence-electron chi connectivity index (χ4n) is 3.36. The number of hydrogen-bond acceptors (Lipinski definition) is 3. The van der Waals surface area contributed by atoms with Gasteiger partial charge >= 0.3 is 0 Å². The number of hydrogen-bond donors (Lipinski definition) is 1. The van der Waals surface area contributed by atoms with Crippen molar-refractivity contribution in [1.82, 2.24) is 15.2 Å². The number of aromatic nitrogens is 1. The molecule has 2 heterocycles. The third-order valence-electron chi connectivity index (χ3n) is 4.64. The summed E-state index contributed by atoms with van der Waals surface area (Å²) >= 11 is 0. The fraction of sp³-hybridized carbons (Fsp3) is 0.350. The van der Waals surface area contributed by atoms with E-state index in [1.54, 1.807) is 12.4 Å². The van der Waals surface area contributed by atoms with Crippen molar-refractivity contribution in [2.45, 2.75) is 32.2 Å². The summed E-state index contributed by atoms with van der Waals surface area (Å²) in [5.74, 6) is 0.115. The smallest absolute Gasteiger partial charge is 0.227 e. The zero-order valence-electron chi connectivity index (χ0n) is 14.6. The van der Waals surface area contributed by atoms with E-state index in [1.807, 2.05) is 24.0 Å². The number of amides is 2. The van der Waals surface area contributed by atoms with Gasteiger partial charge in [0.1, 0.15) is 0 Å². The summed E-state index contributed by atoms with van der Waals surface area (Å²) in [5.41, 5.74) is 3.26. The number of likely N-dealkylation sites (tertiary alicyclic amines) is 1. The molecule has 0 unspecified atom stereocenters. The molecular formula is C20H23N3O2. The normalized spacial score (nSPS) is 19.7. The van der Waals surface area contributed by atoms with Crippen LogP contribution in [0.4, 0.5) is 0 Å². The molecule has 1 aliphatic heterocycles. The van der Waals surface area contributed by atoms with Crippen LogP contribution < -0.4 is 5.32 Å². The van der Waals surface area contributed by atoms with Crippen molar-refractivity contribution in [3.63, 3.8) is 0 Å². The van der Waals surface area contributed by atoms with Crippen LogP contribution in [0.25, 0.3) is 0 Å². The first-order chi connectivity index (χ1) is 12.0. The van der Waals surface area contributed by atoms with Crippen LogP contribution in [0.2, 0.25) is 0 Å². The third kappa shape index (κ3) is 4.24. The second kappa shape index (κ2) is 7.47. The lowest BCUT2D eigenvalue weighted by molar-refractivity contribution is -0.129. The van der Waals surface area contributed by atoms with Crippen molar-refractivity contribution >= 4 is 11.8 Å². The molecule has 2 atom stereocenters. The summed E-state index contributed by atoms with van der Waals surface area (Å²) in [7, 11) is 0. The third-order valence-corrected chi connectivity index (χ3v) is 4.64. The Hall–Kier alpha value is -2.69. The second-order valence-corrected chi connectivity index (χ2v) is 6.66. The standard InChI is InChI=1S/C20H23N3O2/c1-14-5-7-17(8-6-14)18-12-23(13-19(18)22-15(2)24)20(25)10-16-4-3-9-21-11-16/h3-9,11,18-19H,10,12-13H2,1-2H3,(H,22,24)/t18-,19+/m0/s1. The van der Waals surface area contributed by atoms with Gasteiger partial charge in [0.15, 0.2) is 0 Å². The van der Waals surface area contributed by atoms with E-state index in [0.717, 1.165) is 11.1 Å². The number of pyridine rings is 1. The Bertz CT molecular complexity index is 743. The van der Waals surface area contributed by atoms with Crippen LogP contribution >= 0.6 is 0 Å². The molecule has 2 amide bonds. The van der Waals surface area contributed by atoms with Gasteiger partial charge in [0.25, 0.3) is 0 Å². The molecule has 0 spiro atoms. The van der Waals surface area contributed by atoms with Crippen molar-refractivity contribution in [2.75, 3.05) is 13.1 Å². The molecule has 130 valence electrons. The van der Waals surface area contributed by atoms with E-state index < -0.39 is 0 Å². The summed E-state index contributed by atoms with van der Waals surface area (Å²) < 4.78 is 0. The highest BCUT2D eigenvalue weighted by Gasteiger charge is 2.36. The lowest BCUT2D eigenvalue weighted by Crippen LogP contribution is -2.39. The quantitative estimate of drug-likeness (QED) is 0.929. The van der Waals surface area contributed by atoms with Crippen molar-refractivity contribution in [2.24, 2.45) is 0 Å². The highest BCUT2D eigenvalue weighted by Crippen LogP contribution is 2.28. The average Bonchev–Trinajstić information content (AvgIpc) is 3.00. The van der Waals surface area contributed by atoms with Crippen molar-refractivity contribution in [1.29, 1.82) is 0 Å². The average molecular weight is 337 g/mol. The molecule has 2 aromatic rings. The van der Waals surface area contributed by atoms with Gasteiger partial charge in [-0.05, 0) is 24.1 Å². The lowest BCUT2D eigenvalue weighted by Gasteiger charge is -2.19. The van der Waals surface area contributed by atoms with Gasteiger partial charge < -0.3 is 10.2 Å². The highest BCUT2D eigenvalue weighted by atomic mass is 16.2. The minimum Gasteiger partial charge on any atom is -0.351 e. The maximum Gasteiger partial charge on any atom is 0.227 e. The van der Waals surface area contributed by atoms with Crippen LogP contribution in [0.5, 0.6) is 0 Å². The second-order valence-electron chi connectivity index (χ2n) is 6.66. The molecule has 1 N–H and O–H groups in total. The molecule has 1 saturated heterocycles. The summed E-state index contributed by atoms with van der Waals surface area (Å²) in [6.45, 7) is 4.73. The number of aryl methyl sites for hydroxylation is 1. The number of nitrogens with one attached hydrogen (secondary N) is 1. The maximum atomic E-state index is 12.7. The van der Waals surface area contributed by atoms with Gasteiger partial charge in [-0.2, -0.15) is 0 Å². The number of carbonyl (C=O) groups is 2. The molecule has 5 heteroatoms. The number of carbonyl (C=O) groups excluding carboxylic acids is 2. The molecule has 3 rings (SSSR count). The summed E-state index contributed by atoms with van der Waals surface area (Å²) in [6, 6.07) is 12.0. The van der Waals surface area contributed by atoms with E-state index in [1.165, 1.54) is 12.5 Å². The van der Waals surface area contributed by atoms with Crippen molar-refractivity contribution in [3.05, 3.63) is 65.5 Å². The SMILES string of the molecule is CC(=O)N[C@@H]1CN(C(=O)Cc2cccnc2)C[C@H]1c1ccc(C)cc1. The predicted molar refractivity (Wildman–Crippen MR) is 96.0 cm³/mol. The number of benzene rings is 1. The van der Waals surface area contributed by atoms with Crippen LogP contribution in [0.3, 0.4) is 0 Å². The molecule has 0 aliphatic carbocycles. The minimum absolute atomic E-state index is 0.0574. The van der Waals surface area contributed by atoms with Gasteiger partial charge in [0.05, 0.1) is 12.5 Å². The monoisotopic (exact) mass is 337 g/mol. The van der Waals surface area contributed by atoms with Crippen LogP contribution in [-0.2, 0) is 16.0 Å². The van der Waals surface area contributed by atoms with E-state index in [9.17, 15) is 9.59 Å². The molecule has 0 saturated carbocycles. The van der Waals surface area contributed by atoms with Crippen LogP contribution in [0, 0.1) is 6.92 Å². The van der Waals surface area contributed by atoms with E-state index in [2.05, 4.69) is 34.6 Å². The van der Waals surface area contributed by atoms with Crippen LogP contribution in [-0.4, -0.2) is 40.8 Å². The molecule has 0 bridgehead atoms. The Morgan fingerprint density at radius 3 is 2.60 bits per heavy atom. The summed E-state index contributed by atoms with van der Waals surface area (Å²) in [4.78, 5) is 30.1. The maximum absolute atomic E-state index is 12.7. The molecule has 1 fully saturated rings. The fourth-order valence-corrected chi connectivity index (χ4v) is 3.36. The Morgan fingerprint density at radius 2 is 1.96 bits per heavy atom. The van der Waals surface area contributed by atoms with Gasteiger partial charge in [0, 0.05) is 38.3 Å². The zero-order valence-corrected chi connectivity index (χ0v) is 14.6. The van der Waals surface area contributed by atoms with Gasteiger partial charge in [-0.3, -0.25) is 14.6 Å². The van der Waals surface area contributed by atoms with Crippen LogP contribution in [0.15, 0.2) is 48.8 Å². The van der Waals surface area contributed by atoms with E-state index in [4.69, 9.17) is 0 Å². The minimum atomic E-state index is -0.0660. The Labute approximate surface area is 148 Å². The first-order valence-electron chi connectivity index (χ1n) is 8.53. The molecular weight excluding hydrogens is 314 g/mol. The van der Waals surface area contributed by atoms with E-state index in [-0.39, 0.29) is 23.8 Å². The van der Waals surface area contributed by atoms with Gasteiger partial charge in [-0.1, -0.05) is 35.9 Å². The molecule has 25 heavy (non-hydrogen) atoms. The van der Waals surface area contributed by atoms with E-state index >= 15 is 0 Å². The highest BCUT2D eigenvalue weighted by molar-refractivity contribution is 5.79. The first kappa shape index (κ1) is 17.1. The zero-order chi connectivity index (χ0) is 17.8.